The highest BCUT2D eigenvalue weighted by molar-refractivity contribution is 7.88. The average Bonchev–Trinajstić information content (AvgIpc) is 2.27. The van der Waals surface area contributed by atoms with Crippen molar-refractivity contribution in [3.63, 3.8) is 0 Å². The summed E-state index contributed by atoms with van der Waals surface area (Å²) in [4.78, 5) is 1.48. The van der Waals surface area contributed by atoms with Crippen LogP contribution in [0.15, 0.2) is 34.1 Å². The Kier molecular flexibility index (Phi) is 6.22. The van der Waals surface area contributed by atoms with E-state index in [-0.39, 0.29) is 0 Å². The summed E-state index contributed by atoms with van der Waals surface area (Å²) in [7, 11) is -2.11. The van der Waals surface area contributed by atoms with Gasteiger partial charge in [0.2, 0.25) is 0 Å². The van der Waals surface area contributed by atoms with Gasteiger partial charge in [-0.2, -0.15) is 0 Å². The monoisotopic (exact) mass is 286 g/mol. The van der Waals surface area contributed by atoms with E-state index in [1.165, 1.54) is 0 Å². The number of hydrogen-bond acceptors (Lipinski definition) is 2. The van der Waals surface area contributed by atoms with Gasteiger partial charge in [-0.3, -0.25) is 8.42 Å². The molecular weight excluding hydrogens is 264 g/mol. The van der Waals surface area contributed by atoms with Gasteiger partial charge in [-0.1, -0.05) is 39.8 Å². The Bertz CT molecular complexity index is 398. The molecular formula is C14H22O2S2. The molecule has 0 amide bonds. The Labute approximate surface area is 115 Å². The summed E-state index contributed by atoms with van der Waals surface area (Å²) in [6, 6.07) is 7.41. The van der Waals surface area contributed by atoms with Crippen molar-refractivity contribution in [2.45, 2.75) is 37.5 Å². The van der Waals surface area contributed by atoms with Crippen molar-refractivity contribution in [1.82, 2.24) is 0 Å². The summed E-state index contributed by atoms with van der Waals surface area (Å²) >= 11 is 0. The summed E-state index contributed by atoms with van der Waals surface area (Å²) < 4.78 is 24.5. The molecule has 0 aliphatic heterocycles. The van der Waals surface area contributed by atoms with Crippen LogP contribution in [0.5, 0.6) is 0 Å². The molecule has 0 spiro atoms. The molecule has 0 aliphatic rings. The molecule has 0 aliphatic carbocycles. The van der Waals surface area contributed by atoms with Crippen molar-refractivity contribution in [1.29, 1.82) is 0 Å². The van der Waals surface area contributed by atoms with Crippen LogP contribution in [-0.4, -0.2) is 19.9 Å². The van der Waals surface area contributed by atoms with Gasteiger partial charge in [-0.15, -0.1) is 0 Å². The molecule has 0 N–H and O–H groups in total. The Hall–Kier alpha value is -0.480. The Morgan fingerprint density at radius 3 is 1.44 bits per heavy atom. The SMILES string of the molecule is CC(C)CS(=O)c1ccccc1S(=O)CC(C)C. The van der Waals surface area contributed by atoms with E-state index < -0.39 is 21.6 Å². The van der Waals surface area contributed by atoms with Crippen LogP contribution in [0.2, 0.25) is 0 Å². The Balaban J connectivity index is 2.99. The fraction of sp³-hybridized carbons (Fsp3) is 0.571. The van der Waals surface area contributed by atoms with Crippen LogP contribution < -0.4 is 0 Å². The van der Waals surface area contributed by atoms with E-state index in [4.69, 9.17) is 0 Å². The standard InChI is InChI=1S/C14H22O2S2/c1-11(2)9-17(15)13-7-5-6-8-14(13)18(16)10-12(3)4/h5-8,11-12H,9-10H2,1-4H3. The van der Waals surface area contributed by atoms with Crippen LogP contribution in [0.3, 0.4) is 0 Å². The lowest BCUT2D eigenvalue weighted by Gasteiger charge is -2.11. The normalized spacial score (nSPS) is 15.0. The summed E-state index contributed by atoms with van der Waals surface area (Å²) in [6.07, 6.45) is 0. The highest BCUT2D eigenvalue weighted by atomic mass is 32.2. The van der Waals surface area contributed by atoms with Crippen LogP contribution in [0.25, 0.3) is 0 Å². The first-order valence-electron chi connectivity index (χ1n) is 6.27. The van der Waals surface area contributed by atoms with E-state index >= 15 is 0 Å². The molecule has 0 saturated heterocycles. The predicted octanol–water partition coefficient (Wildman–Crippen LogP) is 3.21. The third-order valence-electron chi connectivity index (χ3n) is 2.31. The molecule has 0 heterocycles. The molecule has 18 heavy (non-hydrogen) atoms. The van der Waals surface area contributed by atoms with Crippen LogP contribution in [0.1, 0.15) is 27.7 Å². The van der Waals surface area contributed by atoms with Gasteiger partial charge in [-0.05, 0) is 24.0 Å². The lowest BCUT2D eigenvalue weighted by molar-refractivity contribution is 0.655. The van der Waals surface area contributed by atoms with Crippen molar-refractivity contribution < 1.29 is 8.42 Å². The fourth-order valence-electron chi connectivity index (χ4n) is 1.61. The first-order valence-corrected chi connectivity index (χ1v) is 8.91. The molecule has 1 aromatic carbocycles. The highest BCUT2D eigenvalue weighted by Gasteiger charge is 2.16. The highest BCUT2D eigenvalue weighted by Crippen LogP contribution is 2.20. The van der Waals surface area contributed by atoms with E-state index in [2.05, 4.69) is 0 Å². The van der Waals surface area contributed by atoms with E-state index in [1.807, 2.05) is 52.0 Å². The minimum absolute atomic E-state index is 0.373. The second-order valence-electron chi connectivity index (χ2n) is 5.26. The van der Waals surface area contributed by atoms with Gasteiger partial charge >= 0.3 is 0 Å². The average molecular weight is 286 g/mol. The van der Waals surface area contributed by atoms with Gasteiger partial charge in [0.15, 0.2) is 0 Å². The smallest absolute Gasteiger partial charge is 0.0549 e. The van der Waals surface area contributed by atoms with Crippen molar-refractivity contribution in [2.24, 2.45) is 11.8 Å². The third-order valence-corrected chi connectivity index (χ3v) is 6.07. The third kappa shape index (κ3) is 4.65. The second-order valence-corrected chi connectivity index (χ2v) is 8.19. The van der Waals surface area contributed by atoms with Gasteiger partial charge in [0, 0.05) is 11.5 Å². The van der Waals surface area contributed by atoms with Crippen LogP contribution in [0.4, 0.5) is 0 Å². The molecule has 0 aromatic heterocycles. The second kappa shape index (κ2) is 7.19. The summed E-state index contributed by atoms with van der Waals surface area (Å²) in [6.45, 7) is 8.19. The minimum Gasteiger partial charge on any atom is -0.254 e. The molecule has 102 valence electrons. The summed E-state index contributed by atoms with van der Waals surface area (Å²) in [5, 5.41) is 0. The van der Waals surface area contributed by atoms with Crippen molar-refractivity contribution in [3.8, 4) is 0 Å². The molecule has 2 unspecified atom stereocenters. The van der Waals surface area contributed by atoms with Crippen LogP contribution in [0, 0.1) is 11.8 Å². The molecule has 0 bridgehead atoms. The molecule has 0 fully saturated rings. The maximum absolute atomic E-state index is 12.2. The molecule has 2 atom stereocenters. The van der Waals surface area contributed by atoms with Gasteiger partial charge in [0.1, 0.15) is 0 Å². The molecule has 0 radical (unpaired) electrons. The van der Waals surface area contributed by atoms with E-state index in [9.17, 15) is 8.42 Å². The van der Waals surface area contributed by atoms with Gasteiger partial charge in [0.05, 0.1) is 31.4 Å². The van der Waals surface area contributed by atoms with Gasteiger partial charge < -0.3 is 0 Å². The fourth-order valence-corrected chi connectivity index (χ4v) is 4.78. The van der Waals surface area contributed by atoms with Crippen molar-refractivity contribution in [3.05, 3.63) is 24.3 Å². The zero-order valence-corrected chi connectivity index (χ0v) is 13.1. The van der Waals surface area contributed by atoms with Gasteiger partial charge in [-0.25, -0.2) is 0 Å². The maximum Gasteiger partial charge on any atom is 0.0549 e. The first-order chi connectivity index (χ1) is 8.41. The number of hydrogen-bond donors (Lipinski definition) is 0. The minimum atomic E-state index is -1.05. The van der Waals surface area contributed by atoms with E-state index in [0.717, 1.165) is 9.79 Å². The van der Waals surface area contributed by atoms with E-state index in [1.54, 1.807) is 0 Å². The lowest BCUT2D eigenvalue weighted by atomic mass is 10.3. The Morgan fingerprint density at radius 1 is 0.833 bits per heavy atom. The first kappa shape index (κ1) is 15.6. The zero-order chi connectivity index (χ0) is 13.7. The molecule has 1 aromatic rings. The van der Waals surface area contributed by atoms with E-state index in [0.29, 0.717) is 23.3 Å². The lowest BCUT2D eigenvalue weighted by Crippen LogP contribution is -2.11. The summed E-state index contributed by atoms with van der Waals surface area (Å²) in [5.74, 6) is 1.99. The molecule has 1 rings (SSSR count). The van der Waals surface area contributed by atoms with Crippen LogP contribution >= 0.6 is 0 Å². The quantitative estimate of drug-likeness (QED) is 0.804. The summed E-state index contributed by atoms with van der Waals surface area (Å²) in [5.41, 5.74) is 0. The molecule has 2 nitrogen and oxygen atoms in total. The number of benzene rings is 1. The van der Waals surface area contributed by atoms with Crippen LogP contribution in [-0.2, 0) is 21.6 Å². The predicted molar refractivity (Wildman–Crippen MR) is 78.7 cm³/mol. The molecule has 0 saturated carbocycles. The van der Waals surface area contributed by atoms with Crippen molar-refractivity contribution in [2.75, 3.05) is 11.5 Å². The topological polar surface area (TPSA) is 34.1 Å². The largest absolute Gasteiger partial charge is 0.254 e. The zero-order valence-electron chi connectivity index (χ0n) is 11.5. The number of rotatable bonds is 6. The molecule has 4 heteroatoms. The maximum atomic E-state index is 12.2. The van der Waals surface area contributed by atoms with Crippen molar-refractivity contribution >= 4 is 21.6 Å². The Morgan fingerprint density at radius 2 is 1.17 bits per heavy atom. The van der Waals surface area contributed by atoms with Gasteiger partial charge in [0.25, 0.3) is 0 Å².